The molecule has 2 rings (SSSR count). The van der Waals surface area contributed by atoms with Crippen LogP contribution in [0, 0.1) is 10.1 Å². The molecule has 1 aromatic carbocycles. The zero-order valence-electron chi connectivity index (χ0n) is 11.6. The SMILES string of the molecule is CCNc1ncc([N+](=O)[O-])c(Oc2cccc(OC)c2)n1. The second-order valence-electron chi connectivity index (χ2n) is 3.95. The van der Waals surface area contributed by atoms with Crippen LogP contribution in [0.1, 0.15) is 6.92 Å². The minimum atomic E-state index is -0.592. The molecule has 21 heavy (non-hydrogen) atoms. The Kier molecular flexibility index (Phi) is 4.50. The van der Waals surface area contributed by atoms with E-state index >= 15 is 0 Å². The van der Waals surface area contributed by atoms with Gasteiger partial charge in [-0.25, -0.2) is 4.98 Å². The van der Waals surface area contributed by atoms with Crippen LogP contribution in [-0.4, -0.2) is 28.5 Å². The number of anilines is 1. The average Bonchev–Trinajstić information content (AvgIpc) is 2.48. The predicted molar refractivity (Wildman–Crippen MR) is 75.9 cm³/mol. The lowest BCUT2D eigenvalue weighted by Gasteiger charge is -2.08. The van der Waals surface area contributed by atoms with Crippen LogP contribution >= 0.6 is 0 Å². The normalized spacial score (nSPS) is 10.0. The first-order valence-electron chi connectivity index (χ1n) is 6.21. The summed E-state index contributed by atoms with van der Waals surface area (Å²) < 4.78 is 10.6. The number of ether oxygens (including phenoxy) is 2. The zero-order valence-corrected chi connectivity index (χ0v) is 11.6. The van der Waals surface area contributed by atoms with Crippen LogP contribution in [0.4, 0.5) is 11.6 Å². The Hall–Kier alpha value is -2.90. The van der Waals surface area contributed by atoms with Crippen LogP contribution in [0.15, 0.2) is 30.5 Å². The Morgan fingerprint density at radius 2 is 2.14 bits per heavy atom. The van der Waals surface area contributed by atoms with Gasteiger partial charge in [0.05, 0.1) is 12.0 Å². The molecule has 0 amide bonds. The minimum absolute atomic E-state index is 0.126. The van der Waals surface area contributed by atoms with E-state index in [9.17, 15) is 10.1 Å². The van der Waals surface area contributed by atoms with Crippen LogP contribution in [0.2, 0.25) is 0 Å². The Morgan fingerprint density at radius 1 is 1.38 bits per heavy atom. The Labute approximate surface area is 120 Å². The van der Waals surface area contributed by atoms with Gasteiger partial charge < -0.3 is 14.8 Å². The van der Waals surface area contributed by atoms with Gasteiger partial charge in [-0.1, -0.05) is 6.07 Å². The van der Waals surface area contributed by atoms with Crippen molar-refractivity contribution in [2.75, 3.05) is 19.0 Å². The molecule has 0 aliphatic heterocycles. The molecule has 110 valence electrons. The summed E-state index contributed by atoms with van der Waals surface area (Å²) in [6, 6.07) is 6.72. The highest BCUT2D eigenvalue weighted by Gasteiger charge is 2.19. The van der Waals surface area contributed by atoms with Crippen molar-refractivity contribution in [2.45, 2.75) is 6.92 Å². The van der Waals surface area contributed by atoms with Crippen LogP contribution in [-0.2, 0) is 0 Å². The molecule has 0 unspecified atom stereocenters. The van der Waals surface area contributed by atoms with Crippen molar-refractivity contribution in [2.24, 2.45) is 0 Å². The number of rotatable bonds is 6. The van der Waals surface area contributed by atoms with Gasteiger partial charge in [0.1, 0.15) is 17.7 Å². The maximum Gasteiger partial charge on any atom is 0.349 e. The molecule has 0 bridgehead atoms. The summed E-state index contributed by atoms with van der Waals surface area (Å²) >= 11 is 0. The topological polar surface area (TPSA) is 99.4 Å². The molecule has 1 heterocycles. The van der Waals surface area contributed by atoms with Crippen LogP contribution < -0.4 is 14.8 Å². The van der Waals surface area contributed by atoms with Gasteiger partial charge in [-0.05, 0) is 19.1 Å². The summed E-state index contributed by atoms with van der Waals surface area (Å²) in [6.07, 6.45) is 1.11. The maximum atomic E-state index is 11.0. The van der Waals surface area contributed by atoms with Crippen molar-refractivity contribution >= 4 is 11.6 Å². The lowest BCUT2D eigenvalue weighted by molar-refractivity contribution is -0.386. The van der Waals surface area contributed by atoms with Crippen molar-refractivity contribution in [1.29, 1.82) is 0 Å². The van der Waals surface area contributed by atoms with Gasteiger partial charge in [-0.3, -0.25) is 10.1 Å². The van der Waals surface area contributed by atoms with Gasteiger partial charge in [0, 0.05) is 12.6 Å². The van der Waals surface area contributed by atoms with Crippen LogP contribution in [0.3, 0.4) is 0 Å². The van der Waals surface area contributed by atoms with Gasteiger partial charge in [0.15, 0.2) is 0 Å². The largest absolute Gasteiger partial charge is 0.497 e. The zero-order chi connectivity index (χ0) is 15.2. The predicted octanol–water partition coefficient (Wildman–Crippen LogP) is 2.62. The Balaban J connectivity index is 2.35. The number of hydrogen-bond acceptors (Lipinski definition) is 7. The highest BCUT2D eigenvalue weighted by atomic mass is 16.6. The van der Waals surface area contributed by atoms with E-state index in [0.29, 0.717) is 18.0 Å². The van der Waals surface area contributed by atoms with E-state index in [1.165, 1.54) is 7.11 Å². The second-order valence-corrected chi connectivity index (χ2v) is 3.95. The van der Waals surface area contributed by atoms with Crippen molar-refractivity contribution < 1.29 is 14.4 Å². The van der Waals surface area contributed by atoms with E-state index in [1.54, 1.807) is 24.3 Å². The number of nitrogens with one attached hydrogen (secondary N) is 1. The fraction of sp³-hybridized carbons (Fsp3) is 0.231. The van der Waals surface area contributed by atoms with Gasteiger partial charge in [-0.2, -0.15) is 4.98 Å². The first kappa shape index (κ1) is 14.5. The lowest BCUT2D eigenvalue weighted by atomic mass is 10.3. The molecule has 0 fully saturated rings. The summed E-state index contributed by atoms with van der Waals surface area (Å²) in [4.78, 5) is 18.3. The third-order valence-corrected chi connectivity index (χ3v) is 2.52. The van der Waals surface area contributed by atoms with Gasteiger partial charge in [0.2, 0.25) is 5.95 Å². The number of hydrogen-bond donors (Lipinski definition) is 1. The van der Waals surface area contributed by atoms with Gasteiger partial charge in [0.25, 0.3) is 0 Å². The number of aromatic nitrogens is 2. The lowest BCUT2D eigenvalue weighted by Crippen LogP contribution is -2.05. The van der Waals surface area contributed by atoms with Crippen molar-refractivity contribution in [3.8, 4) is 17.4 Å². The monoisotopic (exact) mass is 290 g/mol. The van der Waals surface area contributed by atoms with Gasteiger partial charge in [-0.15, -0.1) is 0 Å². The fourth-order valence-corrected chi connectivity index (χ4v) is 1.58. The molecule has 0 saturated heterocycles. The highest BCUT2D eigenvalue weighted by Crippen LogP contribution is 2.30. The van der Waals surface area contributed by atoms with E-state index in [2.05, 4.69) is 15.3 Å². The molecule has 1 N–H and O–H groups in total. The third kappa shape index (κ3) is 3.56. The number of nitro groups is 1. The molecule has 1 aromatic heterocycles. The van der Waals surface area contributed by atoms with Crippen molar-refractivity contribution in [3.63, 3.8) is 0 Å². The van der Waals surface area contributed by atoms with E-state index in [-0.39, 0.29) is 17.5 Å². The fourth-order valence-electron chi connectivity index (χ4n) is 1.58. The van der Waals surface area contributed by atoms with Crippen LogP contribution in [0.5, 0.6) is 17.4 Å². The first-order chi connectivity index (χ1) is 10.1. The molecular weight excluding hydrogens is 276 g/mol. The Bertz CT molecular complexity index is 648. The van der Waals surface area contributed by atoms with E-state index in [0.717, 1.165) is 6.20 Å². The number of benzene rings is 1. The molecule has 0 aliphatic rings. The smallest absolute Gasteiger partial charge is 0.349 e. The Morgan fingerprint density at radius 3 is 2.81 bits per heavy atom. The molecule has 0 radical (unpaired) electrons. The summed E-state index contributed by atoms with van der Waals surface area (Å²) in [5.74, 6) is 1.11. The van der Waals surface area contributed by atoms with E-state index in [1.807, 2.05) is 6.92 Å². The molecule has 8 nitrogen and oxygen atoms in total. The minimum Gasteiger partial charge on any atom is -0.497 e. The summed E-state index contributed by atoms with van der Waals surface area (Å²) in [7, 11) is 1.52. The molecule has 2 aromatic rings. The molecule has 0 spiro atoms. The highest BCUT2D eigenvalue weighted by molar-refractivity contribution is 5.46. The molecule has 0 atom stereocenters. The van der Waals surface area contributed by atoms with Crippen molar-refractivity contribution in [3.05, 3.63) is 40.6 Å². The van der Waals surface area contributed by atoms with Gasteiger partial charge >= 0.3 is 11.6 Å². The molecular formula is C13H14N4O4. The molecule has 8 heteroatoms. The average molecular weight is 290 g/mol. The first-order valence-corrected chi connectivity index (χ1v) is 6.21. The second kappa shape index (κ2) is 6.51. The molecule has 0 aliphatic carbocycles. The van der Waals surface area contributed by atoms with E-state index < -0.39 is 4.92 Å². The van der Waals surface area contributed by atoms with Crippen molar-refractivity contribution in [1.82, 2.24) is 9.97 Å². The summed E-state index contributed by atoms with van der Waals surface area (Å²) in [5.41, 5.74) is -0.306. The summed E-state index contributed by atoms with van der Waals surface area (Å²) in [6.45, 7) is 2.46. The standard InChI is InChI=1S/C13H14N4O4/c1-3-14-13-15-8-11(17(18)19)12(16-13)21-10-6-4-5-9(7-10)20-2/h4-8H,3H2,1-2H3,(H,14,15,16). The molecule has 0 saturated carbocycles. The van der Waals surface area contributed by atoms with E-state index in [4.69, 9.17) is 9.47 Å². The summed E-state index contributed by atoms with van der Waals surface area (Å²) in [5, 5.41) is 13.9. The number of nitrogens with zero attached hydrogens (tertiary/aromatic N) is 3. The van der Waals surface area contributed by atoms with Crippen LogP contribution in [0.25, 0.3) is 0 Å². The quantitative estimate of drug-likeness (QED) is 0.644. The third-order valence-electron chi connectivity index (χ3n) is 2.52. The number of methoxy groups -OCH3 is 1. The maximum absolute atomic E-state index is 11.0.